The summed E-state index contributed by atoms with van der Waals surface area (Å²) in [7, 11) is 0. The van der Waals surface area contributed by atoms with Crippen LogP contribution in [0.1, 0.15) is 54.7 Å². The number of hydrogen-bond donors (Lipinski definition) is 0. The fourth-order valence-electron chi connectivity index (χ4n) is 5.99. The quantitative estimate of drug-likeness (QED) is 0.184. The van der Waals surface area contributed by atoms with Crippen molar-refractivity contribution in [2.24, 2.45) is 5.92 Å². The SMILES string of the molecule is CC(C)(C)c1ccc2c(c1)[C@H]1O[C@H](COCc3ccccc3)[C@@H](OCc3ccccc3)[C@H](OCc3ccccc3)[C@H]1CS2. The number of rotatable bonds is 10. The molecule has 0 amide bonds. The van der Waals surface area contributed by atoms with Gasteiger partial charge in [0.2, 0.25) is 0 Å². The molecule has 0 bridgehead atoms. The van der Waals surface area contributed by atoms with Gasteiger partial charge < -0.3 is 18.9 Å². The highest BCUT2D eigenvalue weighted by Gasteiger charge is 2.50. The van der Waals surface area contributed by atoms with E-state index in [2.05, 4.69) is 99.6 Å². The molecule has 0 aliphatic carbocycles. The first-order valence-electron chi connectivity index (χ1n) is 15.3. The van der Waals surface area contributed by atoms with Gasteiger partial charge in [-0.15, -0.1) is 11.8 Å². The molecule has 5 heteroatoms. The van der Waals surface area contributed by atoms with Gasteiger partial charge in [-0.05, 0) is 39.3 Å². The second-order valence-electron chi connectivity index (χ2n) is 12.6. The molecule has 5 atom stereocenters. The minimum absolute atomic E-state index is 0.0457. The predicted molar refractivity (Wildman–Crippen MR) is 173 cm³/mol. The van der Waals surface area contributed by atoms with E-state index >= 15 is 0 Å². The lowest BCUT2D eigenvalue weighted by Crippen LogP contribution is -2.56. The molecular weight excluding hydrogens is 552 g/mol. The van der Waals surface area contributed by atoms with E-state index in [-0.39, 0.29) is 35.7 Å². The lowest BCUT2D eigenvalue weighted by atomic mass is 9.81. The van der Waals surface area contributed by atoms with Crippen LogP contribution in [0.15, 0.2) is 114 Å². The Kier molecular flexibility index (Phi) is 9.66. The Labute approximate surface area is 260 Å². The zero-order valence-electron chi connectivity index (χ0n) is 25.4. The lowest BCUT2D eigenvalue weighted by molar-refractivity contribution is -0.244. The van der Waals surface area contributed by atoms with Crippen molar-refractivity contribution in [3.63, 3.8) is 0 Å². The maximum absolute atomic E-state index is 7.06. The standard InChI is InChI=1S/C38H42O4S/c1-38(2,3)30-19-20-34-31(21-30)35-32(26-43-34)36(40-23-28-15-9-5-10-16-28)37(41-24-29-17-11-6-12-18-29)33(42-35)25-39-22-27-13-7-4-8-14-27/h4-21,32-33,35-37H,22-26H2,1-3H3/t32-,33+,35+,36+,37+/m0/s1. The van der Waals surface area contributed by atoms with Crippen LogP contribution in [0, 0.1) is 5.92 Å². The van der Waals surface area contributed by atoms with E-state index in [9.17, 15) is 0 Å². The molecule has 0 unspecified atom stereocenters. The van der Waals surface area contributed by atoms with Crippen molar-refractivity contribution < 1.29 is 18.9 Å². The maximum atomic E-state index is 7.06. The van der Waals surface area contributed by atoms with E-state index in [0.29, 0.717) is 26.4 Å². The molecule has 0 saturated carbocycles. The summed E-state index contributed by atoms with van der Waals surface area (Å²) >= 11 is 1.91. The molecule has 4 aromatic carbocycles. The summed E-state index contributed by atoms with van der Waals surface area (Å²) in [4.78, 5) is 1.30. The molecule has 2 aliphatic rings. The summed E-state index contributed by atoms with van der Waals surface area (Å²) in [5.74, 6) is 1.05. The van der Waals surface area contributed by atoms with Gasteiger partial charge in [-0.2, -0.15) is 0 Å². The van der Waals surface area contributed by atoms with Gasteiger partial charge in [0.15, 0.2) is 0 Å². The molecule has 4 nitrogen and oxygen atoms in total. The van der Waals surface area contributed by atoms with Gasteiger partial charge in [0, 0.05) is 16.6 Å². The minimum atomic E-state index is -0.288. The number of benzene rings is 4. The molecule has 2 aliphatic heterocycles. The van der Waals surface area contributed by atoms with E-state index in [1.165, 1.54) is 16.0 Å². The molecule has 0 radical (unpaired) electrons. The second-order valence-corrected chi connectivity index (χ2v) is 13.7. The lowest BCUT2D eigenvalue weighted by Gasteiger charge is -2.49. The third kappa shape index (κ3) is 7.42. The van der Waals surface area contributed by atoms with Crippen LogP contribution < -0.4 is 0 Å². The van der Waals surface area contributed by atoms with Crippen LogP contribution >= 0.6 is 11.8 Å². The maximum Gasteiger partial charge on any atom is 0.113 e. The monoisotopic (exact) mass is 594 g/mol. The zero-order chi connectivity index (χ0) is 29.6. The Morgan fingerprint density at radius 2 is 1.26 bits per heavy atom. The minimum Gasteiger partial charge on any atom is -0.374 e. The van der Waals surface area contributed by atoms with Gasteiger partial charge in [-0.3, -0.25) is 0 Å². The Hall–Kier alpha value is -2.93. The Bertz CT molecular complexity index is 1440. The highest BCUT2D eigenvalue weighted by Crippen LogP contribution is 2.49. The van der Waals surface area contributed by atoms with Gasteiger partial charge in [0.1, 0.15) is 12.2 Å². The van der Waals surface area contributed by atoms with Crippen LogP contribution in [-0.2, 0) is 44.2 Å². The van der Waals surface area contributed by atoms with Gasteiger partial charge in [0.05, 0.1) is 38.6 Å². The summed E-state index contributed by atoms with van der Waals surface area (Å²) in [5.41, 5.74) is 6.05. The highest BCUT2D eigenvalue weighted by atomic mass is 32.2. The predicted octanol–water partition coefficient (Wildman–Crippen LogP) is 8.53. The summed E-state index contributed by atoms with van der Waals surface area (Å²) in [6.45, 7) is 8.76. The van der Waals surface area contributed by atoms with Crippen LogP contribution in [-0.4, -0.2) is 30.7 Å². The molecule has 6 rings (SSSR count). The summed E-state index contributed by atoms with van der Waals surface area (Å²) < 4.78 is 27.0. The van der Waals surface area contributed by atoms with Gasteiger partial charge in [-0.1, -0.05) is 124 Å². The fraction of sp³-hybridized carbons (Fsp3) is 0.368. The van der Waals surface area contributed by atoms with Crippen molar-refractivity contribution in [2.75, 3.05) is 12.4 Å². The second kappa shape index (κ2) is 13.8. The Morgan fingerprint density at radius 1 is 0.698 bits per heavy atom. The zero-order valence-corrected chi connectivity index (χ0v) is 26.2. The summed E-state index contributed by atoms with van der Waals surface area (Å²) in [6, 6.07) is 38.0. The third-order valence-electron chi connectivity index (χ3n) is 8.40. The number of fused-ring (bicyclic) bond motifs is 3. The van der Waals surface area contributed by atoms with Crippen molar-refractivity contribution in [1.29, 1.82) is 0 Å². The van der Waals surface area contributed by atoms with Crippen molar-refractivity contribution in [1.82, 2.24) is 0 Å². The Balaban J connectivity index is 1.32. The Morgan fingerprint density at radius 3 is 1.84 bits per heavy atom. The molecule has 0 spiro atoms. The highest BCUT2D eigenvalue weighted by molar-refractivity contribution is 7.99. The molecule has 224 valence electrons. The van der Waals surface area contributed by atoms with Crippen LogP contribution in [0.2, 0.25) is 0 Å². The largest absolute Gasteiger partial charge is 0.374 e. The van der Waals surface area contributed by atoms with Crippen LogP contribution in [0.5, 0.6) is 0 Å². The average molecular weight is 595 g/mol. The molecule has 43 heavy (non-hydrogen) atoms. The topological polar surface area (TPSA) is 36.9 Å². The van der Waals surface area contributed by atoms with E-state index < -0.39 is 0 Å². The van der Waals surface area contributed by atoms with E-state index in [0.717, 1.165) is 22.4 Å². The van der Waals surface area contributed by atoms with Crippen molar-refractivity contribution in [3.8, 4) is 0 Å². The first-order chi connectivity index (χ1) is 21.0. The third-order valence-corrected chi connectivity index (χ3v) is 9.63. The van der Waals surface area contributed by atoms with E-state index in [1.54, 1.807) is 0 Å². The smallest absolute Gasteiger partial charge is 0.113 e. The van der Waals surface area contributed by atoms with Gasteiger partial charge in [0.25, 0.3) is 0 Å². The van der Waals surface area contributed by atoms with Gasteiger partial charge in [-0.25, -0.2) is 0 Å². The molecule has 0 aromatic heterocycles. The summed E-state index contributed by atoms with van der Waals surface area (Å²) in [6.07, 6.45) is -0.828. The number of hydrogen-bond acceptors (Lipinski definition) is 5. The number of ether oxygens (including phenoxy) is 4. The molecule has 2 heterocycles. The van der Waals surface area contributed by atoms with Crippen molar-refractivity contribution in [3.05, 3.63) is 137 Å². The molecule has 0 N–H and O–H groups in total. The van der Waals surface area contributed by atoms with Crippen LogP contribution in [0.4, 0.5) is 0 Å². The number of thioether (sulfide) groups is 1. The molecule has 4 aromatic rings. The molecular formula is C38H42O4S. The first-order valence-corrected chi connectivity index (χ1v) is 16.3. The van der Waals surface area contributed by atoms with Crippen LogP contribution in [0.25, 0.3) is 0 Å². The van der Waals surface area contributed by atoms with Crippen LogP contribution in [0.3, 0.4) is 0 Å². The fourth-order valence-corrected chi connectivity index (χ4v) is 7.23. The first kappa shape index (κ1) is 30.1. The van der Waals surface area contributed by atoms with E-state index in [4.69, 9.17) is 18.9 Å². The normalized spacial score (nSPS) is 23.4. The van der Waals surface area contributed by atoms with Gasteiger partial charge >= 0.3 is 0 Å². The molecule has 1 saturated heterocycles. The average Bonchev–Trinajstić information content (AvgIpc) is 3.03. The molecule has 1 fully saturated rings. The van der Waals surface area contributed by atoms with E-state index in [1.807, 2.05) is 42.1 Å². The van der Waals surface area contributed by atoms with Crippen molar-refractivity contribution >= 4 is 11.8 Å². The van der Waals surface area contributed by atoms with Crippen molar-refractivity contribution in [2.45, 2.75) is 75.3 Å². The summed E-state index contributed by atoms with van der Waals surface area (Å²) in [5, 5.41) is 0.